The van der Waals surface area contributed by atoms with Crippen LogP contribution in [-0.4, -0.2) is 26.7 Å². The molecule has 6 nitrogen and oxygen atoms in total. The number of amides is 1. The predicted molar refractivity (Wildman–Crippen MR) is 86.4 cm³/mol. The molecule has 0 atom stereocenters. The quantitative estimate of drug-likeness (QED) is 0.575. The van der Waals surface area contributed by atoms with Crippen LogP contribution in [0.5, 0.6) is 5.88 Å². The first kappa shape index (κ1) is 17.0. The van der Waals surface area contributed by atoms with Crippen LogP contribution >= 0.6 is 11.8 Å². The lowest BCUT2D eigenvalue weighted by molar-refractivity contribution is -0.113. The zero-order chi connectivity index (χ0) is 17.0. The van der Waals surface area contributed by atoms with Crippen LogP contribution in [0.15, 0.2) is 34.2 Å². The molecule has 0 unspecified atom stereocenters. The number of hydrogen-bond acceptors (Lipinski definition) is 5. The third kappa shape index (κ3) is 4.56. The maximum absolute atomic E-state index is 13.0. The van der Waals surface area contributed by atoms with E-state index < -0.39 is 11.4 Å². The Bertz CT molecular complexity index is 777. The third-order valence-electron chi connectivity index (χ3n) is 2.94. The number of aromatic hydroxyl groups is 1. The van der Waals surface area contributed by atoms with Gasteiger partial charge in [0.1, 0.15) is 5.82 Å². The van der Waals surface area contributed by atoms with Crippen molar-refractivity contribution in [1.82, 2.24) is 9.97 Å². The van der Waals surface area contributed by atoms with E-state index in [-0.39, 0.29) is 34.2 Å². The topological polar surface area (TPSA) is 95.1 Å². The Morgan fingerprint density at radius 2 is 2.22 bits per heavy atom. The molecule has 1 amide bonds. The number of nitrogens with one attached hydrogen (secondary N) is 2. The lowest BCUT2D eigenvalue weighted by Crippen LogP contribution is -2.18. The molecule has 0 radical (unpaired) electrons. The molecule has 0 aliphatic heterocycles. The molecule has 1 aromatic carbocycles. The van der Waals surface area contributed by atoms with Gasteiger partial charge in [0.25, 0.3) is 5.56 Å². The number of anilines is 1. The van der Waals surface area contributed by atoms with Gasteiger partial charge in [0.05, 0.1) is 11.3 Å². The van der Waals surface area contributed by atoms with Crippen molar-refractivity contribution in [2.24, 2.45) is 0 Å². The standard InChI is InChI=1S/C15H16FN3O3S/c1-8(2)12-13(21)18-15(19-14(12)22)23-7-11(20)17-10-5-3-4-9(16)6-10/h3-6,8H,7H2,1-2H3,(H,17,20)(H2,18,19,21,22). The van der Waals surface area contributed by atoms with E-state index >= 15 is 0 Å². The van der Waals surface area contributed by atoms with E-state index in [0.717, 1.165) is 11.8 Å². The summed E-state index contributed by atoms with van der Waals surface area (Å²) in [7, 11) is 0. The number of thioether (sulfide) groups is 1. The average molecular weight is 337 g/mol. The Hall–Kier alpha value is -2.35. The van der Waals surface area contributed by atoms with Crippen molar-refractivity contribution in [1.29, 1.82) is 0 Å². The molecular weight excluding hydrogens is 321 g/mol. The van der Waals surface area contributed by atoms with Gasteiger partial charge in [-0.05, 0) is 24.1 Å². The first-order valence-corrected chi connectivity index (χ1v) is 7.86. The lowest BCUT2D eigenvalue weighted by Gasteiger charge is -2.08. The summed E-state index contributed by atoms with van der Waals surface area (Å²) < 4.78 is 13.0. The fourth-order valence-electron chi connectivity index (χ4n) is 1.94. The number of halogens is 1. The maximum Gasteiger partial charge on any atom is 0.258 e. The van der Waals surface area contributed by atoms with Crippen LogP contribution in [0.25, 0.3) is 0 Å². The molecule has 0 saturated heterocycles. The Labute approximate surface area is 136 Å². The second-order valence-corrected chi connectivity index (χ2v) is 6.07. The zero-order valence-corrected chi connectivity index (χ0v) is 13.4. The van der Waals surface area contributed by atoms with Gasteiger partial charge in [0.15, 0.2) is 5.16 Å². The number of aromatic amines is 1. The number of hydrogen-bond donors (Lipinski definition) is 3. The molecule has 23 heavy (non-hydrogen) atoms. The van der Waals surface area contributed by atoms with E-state index in [1.54, 1.807) is 19.9 Å². The van der Waals surface area contributed by atoms with E-state index in [1.807, 2.05) is 0 Å². The summed E-state index contributed by atoms with van der Waals surface area (Å²) >= 11 is 0.968. The molecule has 0 saturated carbocycles. The molecule has 122 valence electrons. The SMILES string of the molecule is CC(C)c1c(O)nc(SCC(=O)Nc2cccc(F)c2)[nH]c1=O. The van der Waals surface area contributed by atoms with Crippen LogP contribution in [0.3, 0.4) is 0 Å². The highest BCUT2D eigenvalue weighted by Gasteiger charge is 2.15. The zero-order valence-electron chi connectivity index (χ0n) is 12.6. The fourth-order valence-corrected chi connectivity index (χ4v) is 2.59. The molecule has 1 heterocycles. The molecule has 0 bridgehead atoms. The second-order valence-electron chi connectivity index (χ2n) is 5.11. The highest BCUT2D eigenvalue weighted by Crippen LogP contribution is 2.22. The van der Waals surface area contributed by atoms with Crippen LogP contribution in [0.2, 0.25) is 0 Å². The fraction of sp³-hybridized carbons (Fsp3) is 0.267. The van der Waals surface area contributed by atoms with Gasteiger partial charge >= 0.3 is 0 Å². The summed E-state index contributed by atoms with van der Waals surface area (Å²) in [6.07, 6.45) is 0. The first-order chi connectivity index (χ1) is 10.9. The minimum atomic E-state index is -0.448. The number of aromatic nitrogens is 2. The van der Waals surface area contributed by atoms with Crippen LogP contribution in [0.1, 0.15) is 25.3 Å². The summed E-state index contributed by atoms with van der Waals surface area (Å²) in [6.45, 7) is 3.54. The number of benzene rings is 1. The molecular formula is C15H16FN3O3S. The summed E-state index contributed by atoms with van der Waals surface area (Å²) in [5, 5.41) is 12.5. The van der Waals surface area contributed by atoms with Crippen LogP contribution in [0.4, 0.5) is 10.1 Å². The summed E-state index contributed by atoms with van der Waals surface area (Å²) in [5.74, 6) is -1.37. The van der Waals surface area contributed by atoms with Crippen molar-refractivity contribution in [3.63, 3.8) is 0 Å². The first-order valence-electron chi connectivity index (χ1n) is 6.88. The minimum absolute atomic E-state index is 0.0417. The van der Waals surface area contributed by atoms with E-state index in [4.69, 9.17) is 0 Å². The van der Waals surface area contributed by atoms with E-state index in [1.165, 1.54) is 18.2 Å². The Morgan fingerprint density at radius 1 is 1.48 bits per heavy atom. The molecule has 0 fully saturated rings. The summed E-state index contributed by atoms with van der Waals surface area (Å²) in [5.41, 5.74) is 0.120. The van der Waals surface area contributed by atoms with Gasteiger partial charge in [0, 0.05) is 5.69 Å². The molecule has 2 aromatic rings. The molecule has 2 rings (SSSR count). The number of carbonyl (C=O) groups excluding carboxylic acids is 1. The van der Waals surface area contributed by atoms with Crippen LogP contribution in [-0.2, 0) is 4.79 Å². The third-order valence-corrected chi connectivity index (χ3v) is 3.81. The summed E-state index contributed by atoms with van der Waals surface area (Å²) in [4.78, 5) is 30.1. The van der Waals surface area contributed by atoms with Gasteiger partial charge < -0.3 is 15.4 Å². The van der Waals surface area contributed by atoms with Crippen LogP contribution in [0, 0.1) is 5.82 Å². The van der Waals surface area contributed by atoms with Crippen molar-refractivity contribution in [2.45, 2.75) is 24.9 Å². The van der Waals surface area contributed by atoms with E-state index in [0.29, 0.717) is 5.69 Å². The largest absolute Gasteiger partial charge is 0.493 e. The van der Waals surface area contributed by atoms with Crippen LogP contribution < -0.4 is 10.9 Å². The van der Waals surface area contributed by atoms with Gasteiger partial charge in [-0.2, -0.15) is 4.98 Å². The Balaban J connectivity index is 2.01. The monoisotopic (exact) mass is 337 g/mol. The summed E-state index contributed by atoms with van der Waals surface area (Å²) in [6, 6.07) is 5.53. The van der Waals surface area contributed by atoms with Crippen molar-refractivity contribution >= 4 is 23.4 Å². The van der Waals surface area contributed by atoms with Gasteiger partial charge in [-0.1, -0.05) is 31.7 Å². The molecule has 0 aliphatic carbocycles. The molecule has 1 aromatic heterocycles. The Kier molecular flexibility index (Phi) is 5.38. The van der Waals surface area contributed by atoms with Gasteiger partial charge in [-0.15, -0.1) is 0 Å². The number of H-pyrrole nitrogens is 1. The lowest BCUT2D eigenvalue weighted by atomic mass is 10.1. The van der Waals surface area contributed by atoms with E-state index in [2.05, 4.69) is 15.3 Å². The maximum atomic E-state index is 13.0. The Morgan fingerprint density at radius 3 is 2.83 bits per heavy atom. The van der Waals surface area contributed by atoms with Crippen molar-refractivity contribution in [3.05, 3.63) is 46.0 Å². The molecule has 3 N–H and O–H groups in total. The van der Waals surface area contributed by atoms with Crippen molar-refractivity contribution in [2.75, 3.05) is 11.1 Å². The smallest absolute Gasteiger partial charge is 0.258 e. The predicted octanol–water partition coefficient (Wildman–Crippen LogP) is 2.47. The average Bonchev–Trinajstić information content (AvgIpc) is 2.44. The minimum Gasteiger partial charge on any atom is -0.493 e. The highest BCUT2D eigenvalue weighted by atomic mass is 32.2. The van der Waals surface area contributed by atoms with E-state index in [9.17, 15) is 19.1 Å². The van der Waals surface area contributed by atoms with Crippen molar-refractivity contribution in [3.8, 4) is 5.88 Å². The molecule has 0 spiro atoms. The second kappa shape index (κ2) is 7.28. The number of rotatable bonds is 5. The normalized spacial score (nSPS) is 10.8. The molecule has 8 heteroatoms. The van der Waals surface area contributed by atoms with Crippen molar-refractivity contribution < 1.29 is 14.3 Å². The van der Waals surface area contributed by atoms with Gasteiger partial charge in [0.2, 0.25) is 11.8 Å². The van der Waals surface area contributed by atoms with Gasteiger partial charge in [-0.3, -0.25) is 9.59 Å². The number of carbonyl (C=O) groups is 1. The highest BCUT2D eigenvalue weighted by molar-refractivity contribution is 7.99. The number of nitrogens with zero attached hydrogens (tertiary/aromatic N) is 1. The molecule has 0 aliphatic rings. The van der Waals surface area contributed by atoms with Gasteiger partial charge in [-0.25, -0.2) is 4.39 Å².